The Bertz CT molecular complexity index is 445. The quantitative estimate of drug-likeness (QED) is 0.476. The average molecular weight is 272 g/mol. The van der Waals surface area contributed by atoms with Crippen molar-refractivity contribution in [3.8, 4) is 0 Å². The van der Waals surface area contributed by atoms with Crippen molar-refractivity contribution in [1.82, 2.24) is 0 Å². The fourth-order valence-electron chi connectivity index (χ4n) is 7.68. The predicted molar refractivity (Wildman–Crippen MR) is 85.5 cm³/mol. The highest BCUT2D eigenvalue weighted by Crippen LogP contribution is 2.72. The number of rotatable bonds is 0. The van der Waals surface area contributed by atoms with Crippen molar-refractivity contribution < 1.29 is 0 Å². The number of fused-ring (bicyclic) bond motifs is 3. The molecule has 0 amide bonds. The zero-order valence-corrected chi connectivity index (χ0v) is 13.8. The lowest BCUT2D eigenvalue weighted by atomic mass is 9.41. The summed E-state index contributed by atoms with van der Waals surface area (Å²) >= 11 is 0. The Morgan fingerprint density at radius 2 is 1.75 bits per heavy atom. The summed E-state index contributed by atoms with van der Waals surface area (Å²) in [6.07, 6.45) is 13.3. The molecule has 4 saturated carbocycles. The van der Waals surface area contributed by atoms with Crippen LogP contribution in [0.2, 0.25) is 0 Å². The van der Waals surface area contributed by atoms with E-state index in [9.17, 15) is 0 Å². The summed E-state index contributed by atoms with van der Waals surface area (Å²) in [4.78, 5) is 0. The monoisotopic (exact) mass is 272 g/mol. The molecule has 0 heterocycles. The highest BCUT2D eigenvalue weighted by Gasteiger charge is 2.62. The highest BCUT2D eigenvalue weighted by atomic mass is 14.7. The third-order valence-corrected chi connectivity index (χ3v) is 8.36. The minimum Gasteiger partial charge on any atom is -0.0996 e. The van der Waals surface area contributed by atoms with E-state index in [-0.39, 0.29) is 0 Å². The Morgan fingerprint density at radius 3 is 2.55 bits per heavy atom. The van der Waals surface area contributed by atoms with Gasteiger partial charge in [0.25, 0.3) is 0 Å². The smallest absolute Gasteiger partial charge is 0.0200 e. The minimum atomic E-state index is 0.584. The number of hydrogen-bond acceptors (Lipinski definition) is 0. The van der Waals surface area contributed by atoms with Crippen molar-refractivity contribution in [2.24, 2.45) is 34.0 Å². The third kappa shape index (κ3) is 1.54. The van der Waals surface area contributed by atoms with Crippen LogP contribution < -0.4 is 0 Å². The van der Waals surface area contributed by atoms with Gasteiger partial charge >= 0.3 is 0 Å². The Kier molecular flexibility index (Phi) is 2.63. The summed E-state index contributed by atoms with van der Waals surface area (Å²) in [6, 6.07) is 0. The van der Waals surface area contributed by atoms with Gasteiger partial charge in [0.05, 0.1) is 0 Å². The van der Waals surface area contributed by atoms with Crippen LogP contribution in [0.1, 0.15) is 78.6 Å². The lowest BCUT2D eigenvalue weighted by Crippen LogP contribution is -2.55. The van der Waals surface area contributed by atoms with Crippen LogP contribution in [0, 0.1) is 34.0 Å². The molecule has 0 aromatic heterocycles. The first-order valence-electron chi connectivity index (χ1n) is 9.05. The second kappa shape index (κ2) is 3.93. The van der Waals surface area contributed by atoms with E-state index in [1.165, 1.54) is 57.8 Å². The summed E-state index contributed by atoms with van der Waals surface area (Å²) in [7, 11) is 0. The maximum absolute atomic E-state index is 4.44. The third-order valence-electron chi connectivity index (χ3n) is 8.36. The molecule has 1 unspecified atom stereocenters. The second-order valence-electron chi connectivity index (χ2n) is 9.67. The van der Waals surface area contributed by atoms with E-state index in [1.807, 2.05) is 0 Å². The van der Waals surface area contributed by atoms with Gasteiger partial charge in [0.15, 0.2) is 0 Å². The largest absolute Gasteiger partial charge is 0.0996 e. The van der Waals surface area contributed by atoms with Crippen LogP contribution in [0.25, 0.3) is 0 Å². The van der Waals surface area contributed by atoms with Gasteiger partial charge in [-0.1, -0.05) is 39.3 Å². The van der Waals surface area contributed by atoms with E-state index >= 15 is 0 Å². The minimum absolute atomic E-state index is 0.584. The van der Waals surface area contributed by atoms with E-state index in [4.69, 9.17) is 0 Å². The molecule has 0 aromatic rings. The first-order valence-corrected chi connectivity index (χ1v) is 9.05. The molecule has 0 aliphatic heterocycles. The average Bonchev–Trinajstić information content (AvgIpc) is 2.58. The second-order valence-corrected chi connectivity index (χ2v) is 9.67. The molecular formula is C20H32. The van der Waals surface area contributed by atoms with Crippen molar-refractivity contribution >= 4 is 0 Å². The Balaban J connectivity index is 1.74. The molecular weight excluding hydrogens is 240 g/mol. The molecule has 112 valence electrons. The van der Waals surface area contributed by atoms with Gasteiger partial charge in [-0.25, -0.2) is 0 Å². The summed E-state index contributed by atoms with van der Waals surface area (Å²) < 4.78 is 0. The molecule has 0 heteroatoms. The van der Waals surface area contributed by atoms with Gasteiger partial charge in [-0.2, -0.15) is 0 Å². The summed E-state index contributed by atoms with van der Waals surface area (Å²) in [5.41, 5.74) is 3.51. The normalized spacial score (nSPS) is 53.4. The van der Waals surface area contributed by atoms with Crippen molar-refractivity contribution in [3.05, 3.63) is 12.2 Å². The SMILES string of the molecule is C=C1C[C@@]23CC[C@@H]4C(C)(C)CCCC4(C)[C@@H]2CC[C@@H]1C3. The maximum atomic E-state index is 4.44. The number of allylic oxidation sites excluding steroid dienone is 1. The number of hydrogen-bond donors (Lipinski definition) is 0. The van der Waals surface area contributed by atoms with Crippen LogP contribution in [0.4, 0.5) is 0 Å². The molecule has 1 spiro atoms. The van der Waals surface area contributed by atoms with Gasteiger partial charge in [-0.3, -0.25) is 0 Å². The summed E-state index contributed by atoms with van der Waals surface area (Å²) in [6.45, 7) is 12.2. The van der Waals surface area contributed by atoms with Crippen LogP contribution in [-0.4, -0.2) is 0 Å². The molecule has 0 radical (unpaired) electrons. The molecule has 4 rings (SSSR count). The molecule has 4 aliphatic carbocycles. The van der Waals surface area contributed by atoms with E-state index < -0.39 is 0 Å². The van der Waals surface area contributed by atoms with Crippen molar-refractivity contribution in [2.75, 3.05) is 0 Å². The molecule has 20 heavy (non-hydrogen) atoms. The first-order chi connectivity index (χ1) is 9.37. The van der Waals surface area contributed by atoms with Crippen molar-refractivity contribution in [1.29, 1.82) is 0 Å². The highest BCUT2D eigenvalue weighted by molar-refractivity contribution is 5.22. The Labute approximate surface area is 125 Å². The zero-order chi connectivity index (χ0) is 14.2. The molecule has 2 bridgehead atoms. The van der Waals surface area contributed by atoms with Gasteiger partial charge in [-0.15, -0.1) is 0 Å². The van der Waals surface area contributed by atoms with Gasteiger partial charge in [0.1, 0.15) is 0 Å². The van der Waals surface area contributed by atoms with E-state index in [1.54, 1.807) is 5.57 Å². The van der Waals surface area contributed by atoms with E-state index in [2.05, 4.69) is 27.4 Å². The standard InChI is InChI=1S/C20H32/c1-14-12-20-11-8-16-18(2,3)9-5-10-19(16,4)17(20)7-6-15(14)13-20/h15-17H,1,5-13H2,2-4H3/t15-,16-,17+,19?,20-/m1/s1. The lowest BCUT2D eigenvalue weighted by molar-refractivity contribution is -0.144. The molecule has 5 atom stereocenters. The topological polar surface area (TPSA) is 0 Å². The van der Waals surface area contributed by atoms with Gasteiger partial charge in [-0.05, 0) is 85.4 Å². The summed E-state index contributed by atoms with van der Waals surface area (Å²) in [5.74, 6) is 2.87. The Hall–Kier alpha value is -0.260. The molecule has 4 aliphatic rings. The molecule has 0 N–H and O–H groups in total. The fraction of sp³-hybridized carbons (Fsp3) is 0.900. The van der Waals surface area contributed by atoms with Crippen LogP contribution in [-0.2, 0) is 0 Å². The van der Waals surface area contributed by atoms with Gasteiger partial charge in [0, 0.05) is 0 Å². The van der Waals surface area contributed by atoms with Crippen LogP contribution in [0.5, 0.6) is 0 Å². The fourth-order valence-corrected chi connectivity index (χ4v) is 7.68. The lowest BCUT2D eigenvalue weighted by Gasteiger charge is -2.64. The van der Waals surface area contributed by atoms with E-state index in [0.29, 0.717) is 16.2 Å². The first kappa shape index (κ1) is 13.4. The van der Waals surface area contributed by atoms with Gasteiger partial charge in [0.2, 0.25) is 0 Å². The van der Waals surface area contributed by atoms with E-state index in [0.717, 1.165) is 17.8 Å². The van der Waals surface area contributed by atoms with Crippen LogP contribution >= 0.6 is 0 Å². The predicted octanol–water partition coefficient (Wildman–Crippen LogP) is 5.98. The van der Waals surface area contributed by atoms with Crippen molar-refractivity contribution in [2.45, 2.75) is 78.6 Å². The molecule has 4 fully saturated rings. The summed E-state index contributed by atoms with van der Waals surface area (Å²) in [5, 5.41) is 0. The molecule has 0 saturated heterocycles. The zero-order valence-electron chi connectivity index (χ0n) is 13.8. The van der Waals surface area contributed by atoms with Crippen LogP contribution in [0.3, 0.4) is 0 Å². The maximum Gasteiger partial charge on any atom is -0.0200 e. The van der Waals surface area contributed by atoms with Crippen LogP contribution in [0.15, 0.2) is 12.2 Å². The van der Waals surface area contributed by atoms with Crippen molar-refractivity contribution in [3.63, 3.8) is 0 Å². The van der Waals surface area contributed by atoms with Gasteiger partial charge < -0.3 is 0 Å². The molecule has 0 nitrogen and oxygen atoms in total. The molecule has 0 aromatic carbocycles. The Morgan fingerprint density at radius 1 is 0.950 bits per heavy atom.